The van der Waals surface area contributed by atoms with E-state index < -0.39 is 0 Å². The van der Waals surface area contributed by atoms with Gasteiger partial charge in [-0.05, 0) is 48.4 Å². The zero-order chi connectivity index (χ0) is 16.4. The van der Waals surface area contributed by atoms with Crippen LogP contribution < -0.4 is 10.5 Å². The number of nitrogen functional groups attached to an aromatic ring is 1. The van der Waals surface area contributed by atoms with Crippen LogP contribution in [-0.2, 0) is 5.41 Å². The van der Waals surface area contributed by atoms with E-state index in [1.165, 1.54) is 18.4 Å². The van der Waals surface area contributed by atoms with E-state index in [1.54, 1.807) is 7.11 Å². The molecule has 0 aliphatic heterocycles. The standard InChI is InChI=1S/C19H23N3O/c1-18(2)13-9-10-19(18,3)16-14(13)15(21-17(20)22-16)11-5-7-12(23-4)8-6-11/h5-8,13H,9-10H2,1-4H3,(H2,20,21,22). The summed E-state index contributed by atoms with van der Waals surface area (Å²) in [4.78, 5) is 9.28. The third-order valence-electron chi connectivity index (χ3n) is 6.42. The van der Waals surface area contributed by atoms with Gasteiger partial charge in [0.2, 0.25) is 5.95 Å². The van der Waals surface area contributed by atoms with Crippen LogP contribution in [0.1, 0.15) is 50.8 Å². The number of hydrogen-bond donors (Lipinski definition) is 1. The summed E-state index contributed by atoms with van der Waals surface area (Å²) in [6.45, 7) is 7.06. The number of fused-ring (bicyclic) bond motifs is 5. The highest BCUT2D eigenvalue weighted by molar-refractivity contribution is 5.70. The van der Waals surface area contributed by atoms with Crippen LogP contribution in [-0.4, -0.2) is 17.1 Å². The molecule has 2 aromatic rings. The first-order valence-electron chi connectivity index (χ1n) is 8.21. The Morgan fingerprint density at radius 2 is 1.83 bits per heavy atom. The minimum absolute atomic E-state index is 0.0886. The van der Waals surface area contributed by atoms with Gasteiger partial charge in [0.05, 0.1) is 18.5 Å². The van der Waals surface area contributed by atoms with Gasteiger partial charge in [0, 0.05) is 16.5 Å². The SMILES string of the molecule is COc1ccc(-c2nc(N)nc3c2C2CCC3(C)C2(C)C)cc1. The van der Waals surface area contributed by atoms with E-state index in [2.05, 4.69) is 42.9 Å². The van der Waals surface area contributed by atoms with Crippen molar-refractivity contribution in [2.75, 3.05) is 12.8 Å². The molecule has 1 aromatic heterocycles. The molecule has 1 fully saturated rings. The Morgan fingerprint density at radius 1 is 1.13 bits per heavy atom. The molecule has 4 rings (SSSR count). The number of aromatic nitrogens is 2. The second-order valence-electron chi connectivity index (χ2n) is 7.57. The van der Waals surface area contributed by atoms with Crippen molar-refractivity contribution in [2.45, 2.75) is 44.9 Å². The van der Waals surface area contributed by atoms with Gasteiger partial charge in [-0.25, -0.2) is 9.97 Å². The summed E-state index contributed by atoms with van der Waals surface area (Å²) in [7, 11) is 1.68. The second kappa shape index (κ2) is 4.47. The van der Waals surface area contributed by atoms with Crippen molar-refractivity contribution in [1.82, 2.24) is 9.97 Å². The van der Waals surface area contributed by atoms with Crippen LogP contribution in [0.15, 0.2) is 24.3 Å². The molecule has 0 spiro atoms. The van der Waals surface area contributed by atoms with E-state index in [-0.39, 0.29) is 10.8 Å². The number of ether oxygens (including phenoxy) is 1. The largest absolute Gasteiger partial charge is 0.497 e. The van der Waals surface area contributed by atoms with Gasteiger partial charge < -0.3 is 10.5 Å². The van der Waals surface area contributed by atoms with Crippen molar-refractivity contribution in [3.63, 3.8) is 0 Å². The van der Waals surface area contributed by atoms with Crippen molar-refractivity contribution < 1.29 is 4.74 Å². The summed E-state index contributed by atoms with van der Waals surface area (Å²) in [6.07, 6.45) is 2.38. The minimum Gasteiger partial charge on any atom is -0.497 e. The molecule has 23 heavy (non-hydrogen) atoms. The van der Waals surface area contributed by atoms with Gasteiger partial charge in [-0.15, -0.1) is 0 Å². The highest BCUT2D eigenvalue weighted by atomic mass is 16.5. The van der Waals surface area contributed by atoms with Crippen molar-refractivity contribution in [2.24, 2.45) is 5.41 Å². The fraction of sp³-hybridized carbons (Fsp3) is 0.474. The fourth-order valence-corrected chi connectivity index (χ4v) is 4.64. The van der Waals surface area contributed by atoms with Gasteiger partial charge in [-0.1, -0.05) is 20.8 Å². The van der Waals surface area contributed by atoms with Gasteiger partial charge in [-0.3, -0.25) is 0 Å². The molecular formula is C19H23N3O. The fourth-order valence-electron chi connectivity index (χ4n) is 4.64. The zero-order valence-electron chi connectivity index (χ0n) is 14.2. The lowest BCUT2D eigenvalue weighted by Crippen LogP contribution is -2.32. The second-order valence-corrected chi connectivity index (χ2v) is 7.57. The average Bonchev–Trinajstić information content (AvgIpc) is 2.86. The lowest BCUT2D eigenvalue weighted by Gasteiger charge is -2.34. The molecule has 0 saturated heterocycles. The lowest BCUT2D eigenvalue weighted by molar-refractivity contribution is 0.227. The monoisotopic (exact) mass is 309 g/mol. The molecule has 2 atom stereocenters. The number of methoxy groups -OCH3 is 1. The molecule has 4 heteroatoms. The number of rotatable bonds is 2. The maximum atomic E-state index is 6.06. The summed E-state index contributed by atoms with van der Waals surface area (Å²) >= 11 is 0. The summed E-state index contributed by atoms with van der Waals surface area (Å²) in [5.74, 6) is 1.72. The van der Waals surface area contributed by atoms with Crippen molar-refractivity contribution in [3.05, 3.63) is 35.5 Å². The summed E-state index contributed by atoms with van der Waals surface area (Å²) in [5.41, 5.74) is 10.9. The molecule has 2 N–H and O–H groups in total. The number of nitrogens with zero attached hydrogens (tertiary/aromatic N) is 2. The Bertz CT molecular complexity index is 782. The van der Waals surface area contributed by atoms with Gasteiger partial charge >= 0.3 is 0 Å². The Labute approximate surface area is 137 Å². The summed E-state index contributed by atoms with van der Waals surface area (Å²) in [5, 5.41) is 0. The predicted molar refractivity (Wildman–Crippen MR) is 91.5 cm³/mol. The van der Waals surface area contributed by atoms with Crippen molar-refractivity contribution in [3.8, 4) is 17.0 Å². The van der Waals surface area contributed by atoms with E-state index in [1.807, 2.05) is 12.1 Å². The summed E-state index contributed by atoms with van der Waals surface area (Å²) in [6, 6.07) is 8.06. The van der Waals surface area contributed by atoms with Crippen LogP contribution in [0.2, 0.25) is 0 Å². The van der Waals surface area contributed by atoms with E-state index in [0.717, 1.165) is 22.7 Å². The van der Waals surface area contributed by atoms with Crippen LogP contribution in [0, 0.1) is 5.41 Å². The predicted octanol–water partition coefficient (Wildman–Crippen LogP) is 3.91. The maximum Gasteiger partial charge on any atom is 0.220 e. The minimum atomic E-state index is 0.0886. The first-order chi connectivity index (χ1) is 10.9. The normalized spacial score (nSPS) is 27.0. The van der Waals surface area contributed by atoms with Gasteiger partial charge in [0.25, 0.3) is 0 Å². The van der Waals surface area contributed by atoms with Gasteiger partial charge in [0.15, 0.2) is 0 Å². The Hall–Kier alpha value is -2.10. The molecule has 0 radical (unpaired) electrons. The van der Waals surface area contributed by atoms with E-state index in [4.69, 9.17) is 10.5 Å². The van der Waals surface area contributed by atoms with E-state index in [0.29, 0.717) is 11.9 Å². The maximum absolute atomic E-state index is 6.06. The molecule has 1 heterocycles. The number of hydrogen-bond acceptors (Lipinski definition) is 4. The Kier molecular flexibility index (Phi) is 2.81. The Balaban J connectivity index is 1.95. The third kappa shape index (κ3) is 1.72. The molecule has 4 nitrogen and oxygen atoms in total. The van der Waals surface area contributed by atoms with Crippen LogP contribution in [0.3, 0.4) is 0 Å². The first kappa shape index (κ1) is 14.5. The number of nitrogens with two attached hydrogens (primary N) is 1. The topological polar surface area (TPSA) is 61.0 Å². The van der Waals surface area contributed by atoms with Gasteiger partial charge in [-0.2, -0.15) is 0 Å². The average molecular weight is 309 g/mol. The highest BCUT2D eigenvalue weighted by Crippen LogP contribution is 2.68. The molecule has 2 unspecified atom stereocenters. The van der Waals surface area contributed by atoms with Crippen LogP contribution in [0.25, 0.3) is 11.3 Å². The molecule has 2 bridgehead atoms. The number of anilines is 1. The summed E-state index contributed by atoms with van der Waals surface area (Å²) < 4.78 is 5.26. The third-order valence-corrected chi connectivity index (χ3v) is 6.42. The quantitative estimate of drug-likeness (QED) is 0.913. The molecule has 2 aliphatic rings. The molecule has 1 aromatic carbocycles. The lowest BCUT2D eigenvalue weighted by atomic mass is 9.70. The van der Waals surface area contributed by atoms with Crippen LogP contribution in [0.4, 0.5) is 5.95 Å². The first-order valence-corrected chi connectivity index (χ1v) is 8.21. The van der Waals surface area contributed by atoms with Crippen molar-refractivity contribution >= 4 is 5.95 Å². The zero-order valence-corrected chi connectivity index (χ0v) is 14.2. The number of benzene rings is 1. The van der Waals surface area contributed by atoms with E-state index >= 15 is 0 Å². The Morgan fingerprint density at radius 3 is 2.48 bits per heavy atom. The smallest absolute Gasteiger partial charge is 0.220 e. The van der Waals surface area contributed by atoms with Crippen molar-refractivity contribution in [1.29, 1.82) is 0 Å². The molecule has 1 saturated carbocycles. The van der Waals surface area contributed by atoms with Crippen LogP contribution in [0.5, 0.6) is 5.75 Å². The van der Waals surface area contributed by atoms with Gasteiger partial charge in [0.1, 0.15) is 5.75 Å². The molecule has 2 aliphatic carbocycles. The highest BCUT2D eigenvalue weighted by Gasteiger charge is 2.61. The van der Waals surface area contributed by atoms with E-state index in [9.17, 15) is 0 Å². The molecular weight excluding hydrogens is 286 g/mol. The van der Waals surface area contributed by atoms with Crippen LogP contribution >= 0.6 is 0 Å². The molecule has 120 valence electrons. The molecule has 0 amide bonds.